The fourth-order valence-electron chi connectivity index (χ4n) is 2.38. The molecule has 0 aliphatic heterocycles. The lowest BCUT2D eigenvalue weighted by atomic mass is 10.1. The molecule has 6 nitrogen and oxygen atoms in total. The van der Waals surface area contributed by atoms with Crippen molar-refractivity contribution in [3.8, 4) is 11.5 Å². The fourth-order valence-corrected chi connectivity index (χ4v) is 2.38. The molecule has 148 valence electrons. The second-order valence-corrected chi connectivity index (χ2v) is 6.68. The summed E-state index contributed by atoms with van der Waals surface area (Å²) in [7, 11) is 4.04. The summed E-state index contributed by atoms with van der Waals surface area (Å²) in [5.41, 5.74) is 0.989. The van der Waals surface area contributed by atoms with Gasteiger partial charge in [0.1, 0.15) is 0 Å². The van der Waals surface area contributed by atoms with Crippen LogP contribution in [0.1, 0.15) is 51.6 Å². The highest BCUT2D eigenvalue weighted by Crippen LogP contribution is 2.31. The van der Waals surface area contributed by atoms with Crippen LogP contribution >= 0.6 is 0 Å². The first kappa shape index (κ1) is 22.1. The molecule has 0 bridgehead atoms. The van der Waals surface area contributed by atoms with E-state index in [1.54, 1.807) is 0 Å². The van der Waals surface area contributed by atoms with E-state index in [1.165, 1.54) is 0 Å². The summed E-state index contributed by atoms with van der Waals surface area (Å²) in [5, 5.41) is 5.86. The number of amides is 2. The average molecular weight is 366 g/mol. The zero-order valence-electron chi connectivity index (χ0n) is 16.9. The molecule has 0 saturated carbocycles. The Morgan fingerprint density at radius 3 is 2.38 bits per heavy atom. The molecule has 0 aliphatic carbocycles. The molecule has 0 spiro atoms. The highest BCUT2D eigenvalue weighted by atomic mass is 16.5. The van der Waals surface area contributed by atoms with Crippen molar-refractivity contribution in [1.82, 2.24) is 15.5 Å². The van der Waals surface area contributed by atoms with Gasteiger partial charge < -0.3 is 25.0 Å². The largest absolute Gasteiger partial charge is 0.490 e. The Bertz CT molecular complexity index is 535. The number of urea groups is 1. The molecule has 0 unspecified atom stereocenters. The zero-order chi connectivity index (χ0) is 19.4. The number of carbonyl (C=O) groups is 1. The molecular weight excluding hydrogens is 330 g/mol. The van der Waals surface area contributed by atoms with Crippen LogP contribution in [0.5, 0.6) is 11.5 Å². The van der Waals surface area contributed by atoms with Crippen LogP contribution in [-0.2, 0) is 0 Å². The Labute approximate surface area is 158 Å². The molecule has 2 N–H and O–H groups in total. The molecule has 0 radical (unpaired) electrons. The number of hydrogen-bond acceptors (Lipinski definition) is 4. The normalized spacial score (nSPS) is 11.9. The van der Waals surface area contributed by atoms with E-state index in [2.05, 4.69) is 29.4 Å². The summed E-state index contributed by atoms with van der Waals surface area (Å²) < 4.78 is 11.6. The van der Waals surface area contributed by atoms with Crippen molar-refractivity contribution in [2.24, 2.45) is 0 Å². The number of benzene rings is 1. The molecule has 1 aromatic carbocycles. The van der Waals surface area contributed by atoms with Crippen LogP contribution in [0.2, 0.25) is 0 Å². The van der Waals surface area contributed by atoms with Gasteiger partial charge >= 0.3 is 6.03 Å². The summed E-state index contributed by atoms with van der Waals surface area (Å²) in [5.74, 6) is 1.49. The Hall–Kier alpha value is -1.95. The number of nitrogens with one attached hydrogen (secondary N) is 2. The van der Waals surface area contributed by atoms with Crippen LogP contribution in [0, 0.1) is 0 Å². The Morgan fingerprint density at radius 2 is 1.77 bits per heavy atom. The van der Waals surface area contributed by atoms with Gasteiger partial charge in [-0.05, 0) is 64.5 Å². The van der Waals surface area contributed by atoms with Crippen LogP contribution in [0.3, 0.4) is 0 Å². The molecule has 0 aromatic heterocycles. The molecular formula is C20H35N3O3. The third-order valence-electron chi connectivity index (χ3n) is 3.81. The summed E-state index contributed by atoms with van der Waals surface area (Å²) in [4.78, 5) is 14.1. The number of nitrogens with zero attached hydrogens (tertiary/aromatic N) is 1. The van der Waals surface area contributed by atoms with Gasteiger partial charge in [-0.25, -0.2) is 4.79 Å². The fraction of sp³-hybridized carbons (Fsp3) is 0.650. The predicted octanol–water partition coefficient (Wildman–Crippen LogP) is 3.58. The van der Waals surface area contributed by atoms with E-state index in [0.29, 0.717) is 19.8 Å². The SMILES string of the molecule is CCCOc1ccc([C@@H](C)NC(=O)NCCCN(C)C)cc1OCCC. The number of carbonyl (C=O) groups excluding carboxylic acids is 1. The molecule has 0 heterocycles. The average Bonchev–Trinajstić information content (AvgIpc) is 2.61. The van der Waals surface area contributed by atoms with Gasteiger partial charge in [0.05, 0.1) is 19.3 Å². The molecule has 1 rings (SSSR count). The van der Waals surface area contributed by atoms with Crippen molar-refractivity contribution in [3.05, 3.63) is 23.8 Å². The Kier molecular flexibility index (Phi) is 10.5. The number of rotatable bonds is 12. The predicted molar refractivity (Wildman–Crippen MR) is 106 cm³/mol. The van der Waals surface area contributed by atoms with Gasteiger partial charge in [-0.2, -0.15) is 0 Å². The highest BCUT2D eigenvalue weighted by molar-refractivity contribution is 5.74. The van der Waals surface area contributed by atoms with Gasteiger partial charge in [0.2, 0.25) is 0 Å². The second-order valence-electron chi connectivity index (χ2n) is 6.68. The van der Waals surface area contributed by atoms with Gasteiger partial charge in [-0.3, -0.25) is 0 Å². The van der Waals surface area contributed by atoms with E-state index < -0.39 is 0 Å². The molecule has 0 fully saturated rings. The molecule has 6 heteroatoms. The maximum Gasteiger partial charge on any atom is 0.315 e. The van der Waals surface area contributed by atoms with Crippen molar-refractivity contribution in [3.63, 3.8) is 0 Å². The maximum absolute atomic E-state index is 12.0. The first-order chi connectivity index (χ1) is 12.5. The third-order valence-corrected chi connectivity index (χ3v) is 3.81. The van der Waals surface area contributed by atoms with Gasteiger partial charge in [0, 0.05) is 6.54 Å². The van der Waals surface area contributed by atoms with Gasteiger partial charge in [-0.1, -0.05) is 19.9 Å². The van der Waals surface area contributed by atoms with E-state index in [0.717, 1.165) is 42.9 Å². The topological polar surface area (TPSA) is 62.8 Å². The quantitative estimate of drug-likeness (QED) is 0.556. The van der Waals surface area contributed by atoms with Crippen molar-refractivity contribution >= 4 is 6.03 Å². The van der Waals surface area contributed by atoms with Crippen molar-refractivity contribution in [2.45, 2.75) is 46.1 Å². The Morgan fingerprint density at radius 1 is 1.12 bits per heavy atom. The minimum Gasteiger partial charge on any atom is -0.490 e. The zero-order valence-corrected chi connectivity index (χ0v) is 16.9. The molecule has 1 atom stereocenters. The minimum atomic E-state index is -0.154. The lowest BCUT2D eigenvalue weighted by molar-refractivity contribution is 0.237. The van der Waals surface area contributed by atoms with Crippen molar-refractivity contribution < 1.29 is 14.3 Å². The van der Waals surface area contributed by atoms with Crippen LogP contribution in [0.15, 0.2) is 18.2 Å². The van der Waals surface area contributed by atoms with E-state index in [-0.39, 0.29) is 12.1 Å². The van der Waals surface area contributed by atoms with Crippen LogP contribution in [0.4, 0.5) is 4.79 Å². The summed E-state index contributed by atoms with van der Waals surface area (Å²) in [6.45, 7) is 9.01. The molecule has 26 heavy (non-hydrogen) atoms. The van der Waals surface area contributed by atoms with E-state index >= 15 is 0 Å². The summed E-state index contributed by atoms with van der Waals surface area (Å²) in [6.07, 6.45) is 2.80. The number of ether oxygens (including phenoxy) is 2. The summed E-state index contributed by atoms with van der Waals surface area (Å²) in [6, 6.07) is 5.58. The smallest absolute Gasteiger partial charge is 0.315 e. The Balaban J connectivity index is 2.63. The van der Waals surface area contributed by atoms with E-state index in [4.69, 9.17) is 9.47 Å². The van der Waals surface area contributed by atoms with Crippen molar-refractivity contribution in [1.29, 1.82) is 0 Å². The lowest BCUT2D eigenvalue weighted by Gasteiger charge is -2.18. The van der Waals surface area contributed by atoms with Crippen LogP contribution < -0.4 is 20.1 Å². The van der Waals surface area contributed by atoms with E-state index in [9.17, 15) is 4.79 Å². The maximum atomic E-state index is 12.0. The first-order valence-electron chi connectivity index (χ1n) is 9.56. The van der Waals surface area contributed by atoms with E-state index in [1.807, 2.05) is 39.2 Å². The van der Waals surface area contributed by atoms with Gasteiger partial charge in [-0.15, -0.1) is 0 Å². The van der Waals surface area contributed by atoms with Gasteiger partial charge in [0.15, 0.2) is 11.5 Å². The van der Waals surface area contributed by atoms with Gasteiger partial charge in [0.25, 0.3) is 0 Å². The highest BCUT2D eigenvalue weighted by Gasteiger charge is 2.13. The molecule has 0 saturated heterocycles. The second kappa shape index (κ2) is 12.4. The standard InChI is InChI=1S/C20H35N3O3/c1-6-13-25-18-10-9-17(15-19(18)26-14-7-2)16(3)22-20(24)21-11-8-12-23(4)5/h9-10,15-16H,6-8,11-14H2,1-5H3,(H2,21,22,24)/t16-/m1/s1. The van der Waals surface area contributed by atoms with Crippen molar-refractivity contribution in [2.75, 3.05) is 40.4 Å². The summed E-state index contributed by atoms with van der Waals surface area (Å²) >= 11 is 0. The minimum absolute atomic E-state index is 0.118. The number of hydrogen-bond donors (Lipinski definition) is 2. The van der Waals surface area contributed by atoms with Crippen LogP contribution in [0.25, 0.3) is 0 Å². The molecule has 2 amide bonds. The first-order valence-corrected chi connectivity index (χ1v) is 9.56. The third kappa shape index (κ3) is 8.43. The van der Waals surface area contributed by atoms with Crippen LogP contribution in [-0.4, -0.2) is 51.3 Å². The lowest BCUT2D eigenvalue weighted by Crippen LogP contribution is -2.38. The molecule has 0 aliphatic rings. The monoisotopic (exact) mass is 365 g/mol. The molecule has 1 aromatic rings.